The standard InChI is InChI=1S/C16H30O6/c1-5-7-12-20-13(3)21-14(17)10-8-9-11-15(18)22-16(6-2)19-4/h13,16H,5-12H2,1-4H3. The van der Waals surface area contributed by atoms with E-state index in [1.165, 1.54) is 7.11 Å². The number of carbonyl (C=O) groups excluding carboxylic acids is 2. The van der Waals surface area contributed by atoms with Gasteiger partial charge in [-0.2, -0.15) is 0 Å². The monoisotopic (exact) mass is 318 g/mol. The molecule has 0 aliphatic rings. The Morgan fingerprint density at radius 1 is 0.955 bits per heavy atom. The first-order valence-corrected chi connectivity index (χ1v) is 8.06. The van der Waals surface area contributed by atoms with Gasteiger partial charge in [0.05, 0.1) is 6.61 Å². The van der Waals surface area contributed by atoms with Crippen LogP contribution in [0, 0.1) is 0 Å². The number of esters is 2. The fourth-order valence-electron chi connectivity index (χ4n) is 1.71. The molecule has 0 bridgehead atoms. The van der Waals surface area contributed by atoms with E-state index in [9.17, 15) is 9.59 Å². The minimum atomic E-state index is -0.518. The van der Waals surface area contributed by atoms with Gasteiger partial charge in [-0.25, -0.2) is 0 Å². The van der Waals surface area contributed by atoms with Crippen LogP contribution < -0.4 is 0 Å². The molecule has 0 radical (unpaired) electrons. The molecule has 0 amide bonds. The zero-order chi connectivity index (χ0) is 16.8. The third-order valence-corrected chi connectivity index (χ3v) is 3.02. The molecule has 0 rings (SSSR count). The van der Waals surface area contributed by atoms with Crippen LogP contribution in [0.25, 0.3) is 0 Å². The molecule has 0 fully saturated rings. The van der Waals surface area contributed by atoms with E-state index in [1.54, 1.807) is 6.92 Å². The highest BCUT2D eigenvalue weighted by molar-refractivity contribution is 5.70. The Kier molecular flexibility index (Phi) is 12.8. The lowest BCUT2D eigenvalue weighted by atomic mass is 10.2. The summed E-state index contributed by atoms with van der Waals surface area (Å²) in [5, 5.41) is 0. The molecule has 0 saturated heterocycles. The first-order valence-electron chi connectivity index (χ1n) is 8.06. The lowest BCUT2D eigenvalue weighted by molar-refractivity contribution is -0.176. The fraction of sp³-hybridized carbons (Fsp3) is 0.875. The van der Waals surface area contributed by atoms with Crippen LogP contribution in [0.2, 0.25) is 0 Å². The van der Waals surface area contributed by atoms with Crippen LogP contribution in [0.1, 0.15) is 65.7 Å². The first kappa shape index (κ1) is 20.9. The first-order chi connectivity index (χ1) is 10.5. The van der Waals surface area contributed by atoms with Gasteiger partial charge in [0, 0.05) is 26.4 Å². The molecule has 0 heterocycles. The van der Waals surface area contributed by atoms with Crippen molar-refractivity contribution >= 4 is 11.9 Å². The molecule has 2 atom stereocenters. The number of unbranched alkanes of at least 4 members (excludes halogenated alkanes) is 2. The summed E-state index contributed by atoms with van der Waals surface area (Å²) in [6, 6.07) is 0. The highest BCUT2D eigenvalue weighted by Gasteiger charge is 2.12. The van der Waals surface area contributed by atoms with Crippen molar-refractivity contribution in [1.29, 1.82) is 0 Å². The Balaban J connectivity index is 3.65. The summed E-state index contributed by atoms with van der Waals surface area (Å²) in [6.07, 6.45) is 3.31. The lowest BCUT2D eigenvalue weighted by Gasteiger charge is -2.14. The highest BCUT2D eigenvalue weighted by Crippen LogP contribution is 2.07. The van der Waals surface area contributed by atoms with Gasteiger partial charge in [-0.3, -0.25) is 9.59 Å². The summed E-state index contributed by atoms with van der Waals surface area (Å²) in [5.74, 6) is -0.612. The Hall–Kier alpha value is -1.14. The van der Waals surface area contributed by atoms with Gasteiger partial charge in [-0.1, -0.05) is 20.3 Å². The number of hydrogen-bond acceptors (Lipinski definition) is 6. The van der Waals surface area contributed by atoms with Crippen LogP contribution in [-0.4, -0.2) is 38.2 Å². The van der Waals surface area contributed by atoms with Crippen molar-refractivity contribution in [2.45, 2.75) is 78.3 Å². The van der Waals surface area contributed by atoms with Crippen molar-refractivity contribution in [3.8, 4) is 0 Å². The van der Waals surface area contributed by atoms with Gasteiger partial charge in [0.1, 0.15) is 0 Å². The van der Waals surface area contributed by atoms with Crippen molar-refractivity contribution < 1.29 is 28.5 Å². The second-order valence-corrected chi connectivity index (χ2v) is 5.05. The van der Waals surface area contributed by atoms with Gasteiger partial charge >= 0.3 is 11.9 Å². The molecule has 0 aromatic heterocycles. The van der Waals surface area contributed by atoms with Crippen LogP contribution in [0.3, 0.4) is 0 Å². The largest absolute Gasteiger partial charge is 0.436 e. The second kappa shape index (κ2) is 13.5. The molecule has 0 N–H and O–H groups in total. The van der Waals surface area contributed by atoms with Gasteiger partial charge in [-0.15, -0.1) is 0 Å². The topological polar surface area (TPSA) is 71.1 Å². The minimum Gasteiger partial charge on any atom is -0.436 e. The lowest BCUT2D eigenvalue weighted by Crippen LogP contribution is -2.19. The normalized spacial score (nSPS) is 13.5. The molecular weight excluding hydrogens is 288 g/mol. The van der Waals surface area contributed by atoms with Gasteiger partial charge in [0.25, 0.3) is 0 Å². The van der Waals surface area contributed by atoms with Gasteiger partial charge < -0.3 is 18.9 Å². The number of rotatable bonds is 13. The minimum absolute atomic E-state index is 0.274. The summed E-state index contributed by atoms with van der Waals surface area (Å²) in [6.45, 7) is 6.25. The van der Waals surface area contributed by atoms with Crippen molar-refractivity contribution in [3.05, 3.63) is 0 Å². The maximum Gasteiger partial charge on any atom is 0.308 e. The van der Waals surface area contributed by atoms with Crippen LogP contribution in [-0.2, 0) is 28.5 Å². The van der Waals surface area contributed by atoms with E-state index in [0.717, 1.165) is 12.8 Å². The van der Waals surface area contributed by atoms with Gasteiger partial charge in [0.15, 0.2) is 6.29 Å². The number of carbonyl (C=O) groups is 2. The maximum absolute atomic E-state index is 11.6. The molecule has 0 aliphatic heterocycles. The average molecular weight is 318 g/mol. The predicted molar refractivity (Wildman–Crippen MR) is 82.1 cm³/mol. The van der Waals surface area contributed by atoms with E-state index in [2.05, 4.69) is 6.92 Å². The summed E-state index contributed by atoms with van der Waals surface area (Å²) < 4.78 is 20.5. The Labute approximate surface area is 133 Å². The maximum atomic E-state index is 11.6. The van der Waals surface area contributed by atoms with Crippen molar-refractivity contribution in [1.82, 2.24) is 0 Å². The molecule has 0 aromatic carbocycles. The summed E-state index contributed by atoms with van der Waals surface area (Å²) in [7, 11) is 1.50. The number of ether oxygens (including phenoxy) is 4. The second-order valence-electron chi connectivity index (χ2n) is 5.05. The summed E-state index contributed by atoms with van der Waals surface area (Å²) >= 11 is 0. The smallest absolute Gasteiger partial charge is 0.308 e. The van der Waals surface area contributed by atoms with Crippen LogP contribution in [0.4, 0.5) is 0 Å². The van der Waals surface area contributed by atoms with E-state index in [4.69, 9.17) is 18.9 Å². The van der Waals surface area contributed by atoms with E-state index >= 15 is 0 Å². The van der Waals surface area contributed by atoms with Crippen molar-refractivity contribution in [3.63, 3.8) is 0 Å². The predicted octanol–water partition coefficient (Wildman–Crippen LogP) is 3.18. The molecule has 0 spiro atoms. The highest BCUT2D eigenvalue weighted by atomic mass is 16.7. The van der Waals surface area contributed by atoms with Crippen LogP contribution in [0.15, 0.2) is 0 Å². The van der Waals surface area contributed by atoms with Gasteiger partial charge in [-0.05, 0) is 26.2 Å². The Morgan fingerprint density at radius 3 is 2.05 bits per heavy atom. The molecule has 6 heteroatoms. The number of methoxy groups -OCH3 is 1. The van der Waals surface area contributed by atoms with E-state index in [0.29, 0.717) is 25.9 Å². The Bertz CT molecular complexity index is 301. The molecular formula is C16H30O6. The zero-order valence-corrected chi connectivity index (χ0v) is 14.3. The number of hydrogen-bond donors (Lipinski definition) is 0. The molecule has 0 aromatic rings. The molecule has 22 heavy (non-hydrogen) atoms. The summed E-state index contributed by atoms with van der Waals surface area (Å²) in [4.78, 5) is 23.1. The molecule has 130 valence electrons. The van der Waals surface area contributed by atoms with E-state index in [1.807, 2.05) is 6.92 Å². The zero-order valence-electron chi connectivity index (χ0n) is 14.3. The van der Waals surface area contributed by atoms with Crippen molar-refractivity contribution in [2.75, 3.05) is 13.7 Å². The van der Waals surface area contributed by atoms with Gasteiger partial charge in [0.2, 0.25) is 6.29 Å². The van der Waals surface area contributed by atoms with Crippen LogP contribution >= 0.6 is 0 Å². The molecule has 0 aliphatic carbocycles. The summed E-state index contributed by atoms with van der Waals surface area (Å²) in [5.41, 5.74) is 0. The van der Waals surface area contributed by atoms with E-state index in [-0.39, 0.29) is 24.8 Å². The quantitative estimate of drug-likeness (QED) is 0.295. The van der Waals surface area contributed by atoms with Crippen LogP contribution in [0.5, 0.6) is 0 Å². The molecule has 0 saturated carbocycles. The third-order valence-electron chi connectivity index (χ3n) is 3.02. The molecule has 2 unspecified atom stereocenters. The van der Waals surface area contributed by atoms with E-state index < -0.39 is 12.6 Å². The fourth-order valence-corrected chi connectivity index (χ4v) is 1.71. The Morgan fingerprint density at radius 2 is 1.55 bits per heavy atom. The SMILES string of the molecule is CCCCOC(C)OC(=O)CCCCC(=O)OC(CC)OC. The molecule has 6 nitrogen and oxygen atoms in total. The average Bonchev–Trinajstić information content (AvgIpc) is 2.49. The third kappa shape index (κ3) is 11.5. The van der Waals surface area contributed by atoms with Crippen molar-refractivity contribution in [2.24, 2.45) is 0 Å².